The summed E-state index contributed by atoms with van der Waals surface area (Å²) >= 11 is 0. The van der Waals surface area contributed by atoms with Gasteiger partial charge in [0.15, 0.2) is 12.6 Å². The number of aldehydes is 2. The van der Waals surface area contributed by atoms with Gasteiger partial charge >= 0.3 is 11.9 Å². The van der Waals surface area contributed by atoms with E-state index in [1.807, 2.05) is 26.0 Å². The predicted molar refractivity (Wildman–Crippen MR) is 151 cm³/mol. The Bertz CT molecular complexity index is 1470. The van der Waals surface area contributed by atoms with Crippen molar-refractivity contribution in [2.45, 2.75) is 32.5 Å². The van der Waals surface area contributed by atoms with Gasteiger partial charge < -0.3 is 19.7 Å². The first-order valence-corrected chi connectivity index (χ1v) is 12.7. The van der Waals surface area contributed by atoms with Gasteiger partial charge in [-0.25, -0.2) is 9.59 Å². The third-order valence-corrected chi connectivity index (χ3v) is 6.91. The molecular weight excluding hydrogens is 524 g/mol. The average molecular weight is 553 g/mol. The molecule has 0 aliphatic rings. The summed E-state index contributed by atoms with van der Waals surface area (Å²) in [6.45, 7) is 4.29. The minimum atomic E-state index is -1.01. The van der Waals surface area contributed by atoms with Crippen molar-refractivity contribution in [2.24, 2.45) is 0 Å². The Morgan fingerprint density at radius 1 is 0.634 bits per heavy atom. The van der Waals surface area contributed by atoms with Gasteiger partial charge in [0.1, 0.15) is 24.7 Å². The maximum Gasteiger partial charge on any atom is 0.335 e. The fourth-order valence-corrected chi connectivity index (χ4v) is 4.30. The standard InChI is InChI=1S/C33H28O8/c1-33(2,27-11-13-29(25(15-27)17-34)40-19-21-3-7-23(8-4-21)31(36)37)28-12-14-30(26(16-28)18-35)41-20-22-5-9-24(10-6-22)32(38)39/h3-18H,19-20H2,1-2H3,(H,36,37)(H,38,39). The number of ether oxygens (including phenoxy) is 2. The molecule has 8 nitrogen and oxygen atoms in total. The van der Waals surface area contributed by atoms with Crippen LogP contribution in [0.4, 0.5) is 0 Å². The quantitative estimate of drug-likeness (QED) is 0.199. The maximum absolute atomic E-state index is 11.9. The van der Waals surface area contributed by atoms with Gasteiger partial charge in [0.2, 0.25) is 0 Å². The summed E-state index contributed by atoms with van der Waals surface area (Å²) in [5.41, 5.74) is 3.70. The van der Waals surface area contributed by atoms with Crippen LogP contribution in [-0.4, -0.2) is 34.7 Å². The summed E-state index contributed by atoms with van der Waals surface area (Å²) in [6.07, 6.45) is 1.44. The van der Waals surface area contributed by atoms with Crippen molar-refractivity contribution in [2.75, 3.05) is 0 Å². The number of aromatic carboxylic acids is 2. The number of carboxylic acids is 2. The molecule has 0 amide bonds. The molecule has 0 fully saturated rings. The molecule has 0 unspecified atom stereocenters. The van der Waals surface area contributed by atoms with Crippen LogP contribution < -0.4 is 9.47 Å². The molecule has 4 rings (SSSR count). The molecule has 0 aliphatic heterocycles. The van der Waals surface area contributed by atoms with Gasteiger partial charge in [-0.3, -0.25) is 9.59 Å². The number of rotatable bonds is 12. The number of carboxylic acid groups (broad SMARTS) is 2. The fourth-order valence-electron chi connectivity index (χ4n) is 4.30. The molecule has 41 heavy (non-hydrogen) atoms. The first-order valence-electron chi connectivity index (χ1n) is 12.7. The van der Waals surface area contributed by atoms with E-state index in [1.165, 1.54) is 24.3 Å². The second-order valence-electron chi connectivity index (χ2n) is 9.95. The lowest BCUT2D eigenvalue weighted by Crippen LogP contribution is -2.20. The highest BCUT2D eigenvalue weighted by Gasteiger charge is 2.25. The average Bonchev–Trinajstić information content (AvgIpc) is 2.99. The lowest BCUT2D eigenvalue weighted by atomic mass is 9.77. The van der Waals surface area contributed by atoms with Crippen LogP contribution in [0.3, 0.4) is 0 Å². The Hall–Kier alpha value is -5.24. The van der Waals surface area contributed by atoms with E-state index in [-0.39, 0.29) is 24.3 Å². The van der Waals surface area contributed by atoms with Crippen LogP contribution in [-0.2, 0) is 18.6 Å². The highest BCUT2D eigenvalue weighted by molar-refractivity contribution is 5.88. The van der Waals surface area contributed by atoms with Crippen molar-refractivity contribution in [3.05, 3.63) is 129 Å². The molecule has 0 saturated heterocycles. The Kier molecular flexibility index (Phi) is 8.63. The number of carbonyl (C=O) groups excluding carboxylic acids is 2. The highest BCUT2D eigenvalue weighted by atomic mass is 16.5. The summed E-state index contributed by atoms with van der Waals surface area (Å²) in [7, 11) is 0. The molecule has 4 aromatic rings. The topological polar surface area (TPSA) is 127 Å². The van der Waals surface area contributed by atoms with E-state index in [9.17, 15) is 19.2 Å². The van der Waals surface area contributed by atoms with Crippen molar-refractivity contribution < 1.29 is 38.9 Å². The van der Waals surface area contributed by atoms with E-state index >= 15 is 0 Å². The molecule has 0 radical (unpaired) electrons. The summed E-state index contributed by atoms with van der Waals surface area (Å²) in [5, 5.41) is 18.1. The third kappa shape index (κ3) is 6.67. The van der Waals surface area contributed by atoms with E-state index in [4.69, 9.17) is 19.7 Å². The van der Waals surface area contributed by atoms with Crippen LogP contribution in [0.5, 0.6) is 11.5 Å². The van der Waals surface area contributed by atoms with Crippen LogP contribution in [0, 0.1) is 0 Å². The molecule has 0 saturated carbocycles. The van der Waals surface area contributed by atoms with Crippen LogP contribution in [0.15, 0.2) is 84.9 Å². The number of hydrogen-bond acceptors (Lipinski definition) is 6. The minimum Gasteiger partial charge on any atom is -0.488 e. The lowest BCUT2D eigenvalue weighted by molar-refractivity contribution is 0.0686. The van der Waals surface area contributed by atoms with E-state index in [0.29, 0.717) is 22.6 Å². The van der Waals surface area contributed by atoms with Crippen LogP contribution in [0.2, 0.25) is 0 Å². The zero-order valence-electron chi connectivity index (χ0n) is 22.5. The van der Waals surface area contributed by atoms with Gasteiger partial charge in [-0.15, -0.1) is 0 Å². The third-order valence-electron chi connectivity index (χ3n) is 6.91. The molecule has 0 aromatic heterocycles. The molecule has 0 atom stereocenters. The van der Waals surface area contributed by atoms with Gasteiger partial charge in [0.25, 0.3) is 0 Å². The number of carbonyl (C=O) groups is 4. The normalized spacial score (nSPS) is 11.0. The second-order valence-corrected chi connectivity index (χ2v) is 9.95. The fraction of sp³-hybridized carbons (Fsp3) is 0.152. The molecule has 208 valence electrons. The van der Waals surface area contributed by atoms with Gasteiger partial charge in [0, 0.05) is 5.41 Å². The largest absolute Gasteiger partial charge is 0.488 e. The summed E-state index contributed by atoms with van der Waals surface area (Å²) in [4.78, 5) is 45.9. The summed E-state index contributed by atoms with van der Waals surface area (Å²) in [6, 6.07) is 23.3. The first-order chi connectivity index (χ1) is 19.6. The maximum atomic E-state index is 11.9. The highest BCUT2D eigenvalue weighted by Crippen LogP contribution is 2.36. The van der Waals surface area contributed by atoms with Gasteiger partial charge in [-0.05, 0) is 70.8 Å². The molecule has 0 aliphatic carbocycles. The zero-order chi connectivity index (χ0) is 29.6. The van der Waals surface area contributed by atoms with E-state index in [2.05, 4.69) is 0 Å². The van der Waals surface area contributed by atoms with Gasteiger partial charge in [-0.2, -0.15) is 0 Å². The van der Waals surface area contributed by atoms with E-state index in [0.717, 1.165) is 34.8 Å². The Balaban J connectivity index is 1.49. The van der Waals surface area contributed by atoms with Crippen molar-refractivity contribution in [3.63, 3.8) is 0 Å². The lowest BCUT2D eigenvalue weighted by Gasteiger charge is -2.27. The second kappa shape index (κ2) is 12.3. The predicted octanol–water partition coefficient (Wildman–Crippen LogP) is 6.19. The molecule has 4 aromatic carbocycles. The van der Waals surface area contributed by atoms with Crippen molar-refractivity contribution in [3.8, 4) is 11.5 Å². The van der Waals surface area contributed by atoms with Crippen LogP contribution in [0.1, 0.15) is 77.5 Å². The number of hydrogen-bond donors (Lipinski definition) is 2. The van der Waals surface area contributed by atoms with E-state index in [1.54, 1.807) is 48.5 Å². The Morgan fingerprint density at radius 2 is 1.00 bits per heavy atom. The molecule has 8 heteroatoms. The summed E-state index contributed by atoms with van der Waals surface area (Å²) in [5.74, 6) is -1.22. The smallest absolute Gasteiger partial charge is 0.335 e. The van der Waals surface area contributed by atoms with Crippen molar-refractivity contribution in [1.82, 2.24) is 0 Å². The van der Waals surface area contributed by atoms with Gasteiger partial charge in [-0.1, -0.05) is 50.2 Å². The molecule has 0 heterocycles. The Morgan fingerprint density at radius 3 is 1.32 bits per heavy atom. The summed E-state index contributed by atoms with van der Waals surface area (Å²) < 4.78 is 11.7. The van der Waals surface area contributed by atoms with Crippen molar-refractivity contribution >= 4 is 24.5 Å². The molecule has 2 N–H and O–H groups in total. The van der Waals surface area contributed by atoms with Crippen LogP contribution in [0.25, 0.3) is 0 Å². The van der Waals surface area contributed by atoms with E-state index < -0.39 is 17.4 Å². The molecule has 0 spiro atoms. The zero-order valence-corrected chi connectivity index (χ0v) is 22.5. The SMILES string of the molecule is CC(C)(c1ccc(OCc2ccc(C(=O)O)cc2)c(C=O)c1)c1ccc(OCc2ccc(C(=O)O)cc2)c(C=O)c1. The number of benzene rings is 4. The van der Waals surface area contributed by atoms with Crippen LogP contribution >= 0.6 is 0 Å². The monoisotopic (exact) mass is 552 g/mol. The Labute approximate surface area is 236 Å². The first kappa shape index (κ1) is 28.8. The molecular formula is C33H28O8. The van der Waals surface area contributed by atoms with Crippen molar-refractivity contribution in [1.29, 1.82) is 0 Å². The van der Waals surface area contributed by atoms with Gasteiger partial charge in [0.05, 0.1) is 22.3 Å². The minimum absolute atomic E-state index is 0.164. The molecule has 0 bridgehead atoms.